The minimum atomic E-state index is 0.0753. The topological polar surface area (TPSA) is 39.7 Å². The molecule has 92 valence electrons. The Bertz CT molecular complexity index is 444. The lowest BCUT2D eigenvalue weighted by atomic mass is 10.0. The zero-order valence-corrected chi connectivity index (χ0v) is 11.2. The Morgan fingerprint density at radius 1 is 1.41 bits per heavy atom. The van der Waals surface area contributed by atoms with Crippen LogP contribution in [0.15, 0.2) is 10.5 Å². The number of morpholine rings is 1. The molecule has 2 aliphatic heterocycles. The van der Waals surface area contributed by atoms with Gasteiger partial charge < -0.3 is 19.5 Å². The van der Waals surface area contributed by atoms with Gasteiger partial charge in [0.25, 0.3) is 0 Å². The van der Waals surface area contributed by atoms with Crippen molar-refractivity contribution in [3.05, 3.63) is 21.7 Å². The number of hydrogen-bond donors (Lipinski definition) is 1. The highest BCUT2D eigenvalue weighted by Crippen LogP contribution is 2.43. The molecule has 17 heavy (non-hydrogen) atoms. The van der Waals surface area contributed by atoms with E-state index in [4.69, 9.17) is 14.2 Å². The van der Waals surface area contributed by atoms with Crippen LogP contribution >= 0.6 is 15.9 Å². The SMILES string of the molecule is Cc1c(Br)c(C2CNCCO2)cc2c1OCO2. The van der Waals surface area contributed by atoms with Crippen LogP contribution in [0.25, 0.3) is 0 Å². The van der Waals surface area contributed by atoms with Crippen LogP contribution in [-0.2, 0) is 4.74 Å². The van der Waals surface area contributed by atoms with E-state index in [-0.39, 0.29) is 6.10 Å². The van der Waals surface area contributed by atoms with Gasteiger partial charge in [0.2, 0.25) is 6.79 Å². The summed E-state index contributed by atoms with van der Waals surface area (Å²) in [5.41, 5.74) is 2.20. The van der Waals surface area contributed by atoms with Gasteiger partial charge in [0.1, 0.15) is 0 Å². The van der Waals surface area contributed by atoms with Crippen LogP contribution in [0.2, 0.25) is 0 Å². The number of nitrogens with one attached hydrogen (secondary N) is 1. The molecule has 2 heterocycles. The molecule has 5 heteroatoms. The van der Waals surface area contributed by atoms with Gasteiger partial charge in [-0.3, -0.25) is 0 Å². The monoisotopic (exact) mass is 299 g/mol. The van der Waals surface area contributed by atoms with E-state index in [0.717, 1.165) is 46.8 Å². The van der Waals surface area contributed by atoms with Gasteiger partial charge >= 0.3 is 0 Å². The predicted octanol–water partition coefficient (Wildman–Crippen LogP) is 2.15. The predicted molar refractivity (Wildman–Crippen MR) is 66.6 cm³/mol. The third kappa shape index (κ3) is 1.92. The second-order valence-corrected chi connectivity index (χ2v) is 5.00. The molecular formula is C12H14BrNO3. The van der Waals surface area contributed by atoms with Crippen LogP contribution in [0, 0.1) is 6.92 Å². The Balaban J connectivity index is 2.01. The molecule has 4 nitrogen and oxygen atoms in total. The summed E-state index contributed by atoms with van der Waals surface area (Å²) in [6.07, 6.45) is 0.0753. The van der Waals surface area contributed by atoms with Gasteiger partial charge in [0.05, 0.1) is 12.7 Å². The van der Waals surface area contributed by atoms with Crippen molar-refractivity contribution in [1.29, 1.82) is 0 Å². The van der Waals surface area contributed by atoms with Gasteiger partial charge in [-0.25, -0.2) is 0 Å². The maximum Gasteiger partial charge on any atom is 0.231 e. The van der Waals surface area contributed by atoms with Crippen LogP contribution in [-0.4, -0.2) is 26.5 Å². The molecule has 1 N–H and O–H groups in total. The molecule has 3 rings (SSSR count). The van der Waals surface area contributed by atoms with Crippen molar-refractivity contribution < 1.29 is 14.2 Å². The summed E-state index contributed by atoms with van der Waals surface area (Å²) in [4.78, 5) is 0. The summed E-state index contributed by atoms with van der Waals surface area (Å²) in [6, 6.07) is 2.01. The third-order valence-corrected chi connectivity index (χ3v) is 4.18. The quantitative estimate of drug-likeness (QED) is 0.862. The van der Waals surface area contributed by atoms with E-state index in [2.05, 4.69) is 21.2 Å². The number of benzene rings is 1. The lowest BCUT2D eigenvalue weighted by molar-refractivity contribution is 0.0271. The summed E-state index contributed by atoms with van der Waals surface area (Å²) in [7, 11) is 0. The molecule has 1 saturated heterocycles. The molecule has 0 saturated carbocycles. The zero-order chi connectivity index (χ0) is 11.8. The first-order valence-corrected chi connectivity index (χ1v) is 6.47. The summed E-state index contributed by atoms with van der Waals surface area (Å²) in [5.74, 6) is 1.65. The summed E-state index contributed by atoms with van der Waals surface area (Å²) < 4.78 is 17.7. The van der Waals surface area contributed by atoms with Crippen LogP contribution in [0.5, 0.6) is 11.5 Å². The fraction of sp³-hybridized carbons (Fsp3) is 0.500. The maximum atomic E-state index is 5.77. The minimum absolute atomic E-state index is 0.0753. The maximum absolute atomic E-state index is 5.77. The number of halogens is 1. The van der Waals surface area contributed by atoms with Crippen LogP contribution in [0.4, 0.5) is 0 Å². The smallest absolute Gasteiger partial charge is 0.231 e. The highest BCUT2D eigenvalue weighted by atomic mass is 79.9. The van der Waals surface area contributed by atoms with E-state index in [1.54, 1.807) is 0 Å². The highest BCUT2D eigenvalue weighted by Gasteiger charge is 2.25. The largest absolute Gasteiger partial charge is 0.454 e. The molecular weight excluding hydrogens is 286 g/mol. The van der Waals surface area contributed by atoms with E-state index in [0.29, 0.717) is 6.79 Å². The average molecular weight is 300 g/mol. The Hall–Kier alpha value is -0.780. The van der Waals surface area contributed by atoms with E-state index >= 15 is 0 Å². The molecule has 0 amide bonds. The molecule has 0 aliphatic carbocycles. The van der Waals surface area contributed by atoms with Crippen molar-refractivity contribution >= 4 is 15.9 Å². The first-order chi connectivity index (χ1) is 8.27. The van der Waals surface area contributed by atoms with Gasteiger partial charge in [-0.1, -0.05) is 0 Å². The molecule has 1 aromatic carbocycles. The van der Waals surface area contributed by atoms with Crippen molar-refractivity contribution in [2.75, 3.05) is 26.5 Å². The van der Waals surface area contributed by atoms with Crippen molar-refractivity contribution in [1.82, 2.24) is 5.32 Å². The highest BCUT2D eigenvalue weighted by molar-refractivity contribution is 9.10. The van der Waals surface area contributed by atoms with Crippen LogP contribution in [0.3, 0.4) is 0 Å². The Labute approximate surface area is 108 Å². The first-order valence-electron chi connectivity index (χ1n) is 5.68. The van der Waals surface area contributed by atoms with E-state index in [1.807, 2.05) is 13.0 Å². The molecule has 2 aliphatic rings. The molecule has 0 aromatic heterocycles. The van der Waals surface area contributed by atoms with Gasteiger partial charge in [-0.15, -0.1) is 0 Å². The molecule has 1 atom stereocenters. The van der Waals surface area contributed by atoms with Crippen molar-refractivity contribution in [3.8, 4) is 11.5 Å². The van der Waals surface area contributed by atoms with E-state index < -0.39 is 0 Å². The van der Waals surface area contributed by atoms with E-state index in [1.165, 1.54) is 0 Å². The summed E-state index contributed by atoms with van der Waals surface area (Å²) in [6.45, 7) is 4.81. The number of hydrogen-bond acceptors (Lipinski definition) is 4. The number of rotatable bonds is 1. The third-order valence-electron chi connectivity index (χ3n) is 3.13. The van der Waals surface area contributed by atoms with Crippen LogP contribution in [0.1, 0.15) is 17.2 Å². The molecule has 1 fully saturated rings. The van der Waals surface area contributed by atoms with Crippen molar-refractivity contribution in [2.24, 2.45) is 0 Å². The fourth-order valence-corrected chi connectivity index (χ4v) is 2.76. The van der Waals surface area contributed by atoms with Crippen molar-refractivity contribution in [2.45, 2.75) is 13.0 Å². The summed E-state index contributed by atoms with van der Waals surface area (Å²) in [5, 5.41) is 3.33. The average Bonchev–Trinajstić information content (AvgIpc) is 2.83. The Morgan fingerprint density at radius 3 is 3.06 bits per heavy atom. The lowest BCUT2D eigenvalue weighted by Gasteiger charge is -2.25. The Kier molecular flexibility index (Phi) is 2.98. The summed E-state index contributed by atoms with van der Waals surface area (Å²) >= 11 is 3.63. The van der Waals surface area contributed by atoms with Gasteiger partial charge in [0.15, 0.2) is 11.5 Å². The van der Waals surface area contributed by atoms with Gasteiger partial charge in [0, 0.05) is 28.7 Å². The second kappa shape index (κ2) is 4.48. The van der Waals surface area contributed by atoms with Crippen molar-refractivity contribution in [3.63, 3.8) is 0 Å². The fourth-order valence-electron chi connectivity index (χ4n) is 2.21. The van der Waals surface area contributed by atoms with Gasteiger partial charge in [-0.2, -0.15) is 0 Å². The zero-order valence-electron chi connectivity index (χ0n) is 9.59. The van der Waals surface area contributed by atoms with Gasteiger partial charge in [-0.05, 0) is 28.9 Å². The molecule has 1 aromatic rings. The number of ether oxygens (including phenoxy) is 3. The molecule has 0 bridgehead atoms. The number of fused-ring (bicyclic) bond motifs is 1. The standard InChI is InChI=1S/C12H14BrNO3/c1-7-11(13)8(10-5-14-2-3-15-10)4-9-12(7)17-6-16-9/h4,10,14H,2-3,5-6H2,1H3. The first kappa shape index (κ1) is 11.3. The molecule has 1 unspecified atom stereocenters. The molecule has 0 radical (unpaired) electrons. The second-order valence-electron chi connectivity index (χ2n) is 4.20. The lowest BCUT2D eigenvalue weighted by Crippen LogP contribution is -2.33. The van der Waals surface area contributed by atoms with Crippen LogP contribution < -0.4 is 14.8 Å². The normalized spacial score (nSPS) is 22.8. The van der Waals surface area contributed by atoms with E-state index in [9.17, 15) is 0 Å². The minimum Gasteiger partial charge on any atom is -0.454 e. The Morgan fingerprint density at radius 2 is 2.29 bits per heavy atom. The molecule has 0 spiro atoms.